The molecule has 156 valence electrons. The number of halogens is 3. The molecule has 1 aliphatic rings. The molecule has 1 fully saturated rings. The molecule has 0 aliphatic carbocycles. The number of amides is 3. The molecule has 1 aromatic heterocycles. The first-order valence-corrected chi connectivity index (χ1v) is 10.1. The van der Waals surface area contributed by atoms with Crippen molar-refractivity contribution in [2.24, 2.45) is 0 Å². The van der Waals surface area contributed by atoms with E-state index in [9.17, 15) is 22.8 Å². The van der Waals surface area contributed by atoms with Gasteiger partial charge < -0.3 is 15.5 Å². The number of hydrogen-bond acceptors (Lipinski definition) is 4. The molecule has 3 rings (SSSR count). The van der Waals surface area contributed by atoms with Crippen LogP contribution in [0, 0.1) is 0 Å². The average Bonchev–Trinajstić information content (AvgIpc) is 3.31. The van der Waals surface area contributed by atoms with Crippen LogP contribution in [0.1, 0.15) is 24.6 Å². The van der Waals surface area contributed by atoms with Gasteiger partial charge in [-0.05, 0) is 25.5 Å². The Labute approximate surface area is 170 Å². The smallest absolute Gasteiger partial charge is 0.351 e. The summed E-state index contributed by atoms with van der Waals surface area (Å²) in [5, 5.41) is 7.93. The van der Waals surface area contributed by atoms with Gasteiger partial charge in [0.15, 0.2) is 0 Å². The summed E-state index contributed by atoms with van der Waals surface area (Å²) >= 11 is 1.28. The number of aromatic nitrogens is 1. The lowest BCUT2D eigenvalue weighted by atomic mass is 10.1. The number of nitrogens with one attached hydrogen (secondary N) is 2. The van der Waals surface area contributed by atoms with E-state index in [4.69, 9.17) is 0 Å². The Hall–Kier alpha value is -2.62. The second kappa shape index (κ2) is 8.81. The number of likely N-dealkylation sites (tertiary alicyclic amines) is 1. The quantitative estimate of drug-likeness (QED) is 0.771. The third kappa shape index (κ3) is 5.47. The molecule has 0 radical (unpaired) electrons. The number of urea groups is 1. The summed E-state index contributed by atoms with van der Waals surface area (Å²) in [7, 11) is 0. The molecule has 1 aromatic carbocycles. The van der Waals surface area contributed by atoms with Crippen molar-refractivity contribution in [2.45, 2.75) is 32.0 Å². The molecule has 1 saturated heterocycles. The van der Waals surface area contributed by atoms with E-state index in [0.29, 0.717) is 42.3 Å². The van der Waals surface area contributed by atoms with Crippen LogP contribution in [0.3, 0.4) is 0 Å². The zero-order valence-corrected chi connectivity index (χ0v) is 16.6. The van der Waals surface area contributed by atoms with Gasteiger partial charge in [-0.15, -0.1) is 11.3 Å². The molecule has 1 atom stereocenters. The maximum absolute atomic E-state index is 12.7. The predicted molar refractivity (Wildman–Crippen MR) is 103 cm³/mol. The van der Waals surface area contributed by atoms with Gasteiger partial charge in [0.2, 0.25) is 5.91 Å². The van der Waals surface area contributed by atoms with E-state index < -0.39 is 11.7 Å². The highest BCUT2D eigenvalue weighted by Gasteiger charge is 2.30. The van der Waals surface area contributed by atoms with E-state index >= 15 is 0 Å². The topological polar surface area (TPSA) is 74.3 Å². The summed E-state index contributed by atoms with van der Waals surface area (Å²) in [6, 6.07) is 4.55. The van der Waals surface area contributed by atoms with Gasteiger partial charge in [-0.25, -0.2) is 9.78 Å². The first kappa shape index (κ1) is 21.1. The summed E-state index contributed by atoms with van der Waals surface area (Å²) in [4.78, 5) is 30.1. The van der Waals surface area contributed by atoms with E-state index in [1.165, 1.54) is 23.5 Å². The molecular weight excluding hydrogens is 405 g/mol. The van der Waals surface area contributed by atoms with Crippen molar-refractivity contribution in [3.8, 4) is 10.6 Å². The van der Waals surface area contributed by atoms with Crippen LogP contribution in [-0.2, 0) is 17.4 Å². The van der Waals surface area contributed by atoms with Gasteiger partial charge in [-0.3, -0.25) is 4.79 Å². The standard InChI is InChI=1S/C19H21F3N4O2S/c1-2-23-18(28)26-8-7-14(10-26)24-16(27)9-15-11-29-17(25-15)12-3-5-13(6-4-12)19(20,21)22/h3-6,11,14H,2,7-10H2,1H3,(H,23,28)(H,24,27)/t14-/m1/s1. The van der Waals surface area contributed by atoms with Gasteiger partial charge in [0.1, 0.15) is 5.01 Å². The van der Waals surface area contributed by atoms with Crippen molar-refractivity contribution in [3.05, 3.63) is 40.9 Å². The van der Waals surface area contributed by atoms with Crippen LogP contribution < -0.4 is 10.6 Å². The van der Waals surface area contributed by atoms with Gasteiger partial charge in [-0.1, -0.05) is 12.1 Å². The summed E-state index contributed by atoms with van der Waals surface area (Å²) in [6.45, 7) is 3.45. The first-order chi connectivity index (χ1) is 13.8. The molecule has 2 N–H and O–H groups in total. The molecule has 0 spiro atoms. The van der Waals surface area contributed by atoms with Crippen LogP contribution >= 0.6 is 11.3 Å². The van der Waals surface area contributed by atoms with Crippen molar-refractivity contribution in [1.82, 2.24) is 20.5 Å². The van der Waals surface area contributed by atoms with Crippen LogP contribution in [0.25, 0.3) is 10.6 Å². The maximum Gasteiger partial charge on any atom is 0.416 e. The summed E-state index contributed by atoms with van der Waals surface area (Å²) in [6.07, 6.45) is -3.61. The maximum atomic E-state index is 12.7. The number of rotatable bonds is 5. The summed E-state index contributed by atoms with van der Waals surface area (Å²) < 4.78 is 38.0. The molecule has 0 bridgehead atoms. The molecule has 0 saturated carbocycles. The van der Waals surface area contributed by atoms with Crippen LogP contribution in [-0.4, -0.2) is 47.5 Å². The van der Waals surface area contributed by atoms with Gasteiger partial charge in [0.05, 0.1) is 17.7 Å². The SMILES string of the molecule is CCNC(=O)N1CC[C@@H](NC(=O)Cc2csc(-c3ccc(C(F)(F)F)cc3)n2)C1. The molecule has 2 aromatic rings. The number of benzene rings is 1. The number of carbonyl (C=O) groups is 2. The molecule has 6 nitrogen and oxygen atoms in total. The van der Waals surface area contributed by atoms with Crippen LogP contribution in [0.2, 0.25) is 0 Å². The summed E-state index contributed by atoms with van der Waals surface area (Å²) in [5.41, 5.74) is 0.416. The monoisotopic (exact) mass is 426 g/mol. The average molecular weight is 426 g/mol. The van der Waals surface area contributed by atoms with E-state index in [-0.39, 0.29) is 24.4 Å². The fourth-order valence-corrected chi connectivity index (χ4v) is 3.92. The Bertz CT molecular complexity index is 867. The zero-order chi connectivity index (χ0) is 21.0. The third-order valence-corrected chi connectivity index (χ3v) is 5.46. The van der Waals surface area contributed by atoms with Gasteiger partial charge in [0, 0.05) is 36.6 Å². The van der Waals surface area contributed by atoms with Crippen LogP contribution in [0.5, 0.6) is 0 Å². The van der Waals surface area contributed by atoms with Crippen molar-refractivity contribution >= 4 is 23.3 Å². The molecular formula is C19H21F3N4O2S. The lowest BCUT2D eigenvalue weighted by Gasteiger charge is -2.17. The first-order valence-electron chi connectivity index (χ1n) is 9.20. The molecule has 0 unspecified atom stereocenters. The second-order valence-corrected chi connectivity index (χ2v) is 7.59. The predicted octanol–water partition coefficient (Wildman–Crippen LogP) is 3.29. The van der Waals surface area contributed by atoms with Gasteiger partial charge in [0.25, 0.3) is 0 Å². The minimum atomic E-state index is -4.38. The highest BCUT2D eigenvalue weighted by Crippen LogP contribution is 2.31. The Kier molecular flexibility index (Phi) is 6.41. The normalized spacial score (nSPS) is 16.7. The molecule has 29 heavy (non-hydrogen) atoms. The van der Waals surface area contributed by atoms with Crippen LogP contribution in [0.4, 0.5) is 18.0 Å². The Morgan fingerprint density at radius 1 is 1.28 bits per heavy atom. The van der Waals surface area contributed by atoms with E-state index in [2.05, 4.69) is 15.6 Å². The molecule has 3 amide bonds. The Balaban J connectivity index is 1.54. The number of thiazole rings is 1. The van der Waals surface area contributed by atoms with Crippen molar-refractivity contribution in [3.63, 3.8) is 0 Å². The van der Waals surface area contributed by atoms with E-state index in [0.717, 1.165) is 12.1 Å². The fraction of sp³-hybridized carbons (Fsp3) is 0.421. The third-order valence-electron chi connectivity index (χ3n) is 4.52. The lowest BCUT2D eigenvalue weighted by molar-refractivity contribution is -0.137. The number of nitrogens with zero attached hydrogens (tertiary/aromatic N) is 2. The molecule has 2 heterocycles. The Morgan fingerprint density at radius 3 is 2.66 bits per heavy atom. The minimum Gasteiger partial charge on any atom is -0.351 e. The van der Waals surface area contributed by atoms with Gasteiger partial charge >= 0.3 is 12.2 Å². The van der Waals surface area contributed by atoms with Gasteiger partial charge in [-0.2, -0.15) is 13.2 Å². The van der Waals surface area contributed by atoms with Crippen LogP contribution in [0.15, 0.2) is 29.6 Å². The fourth-order valence-electron chi connectivity index (χ4n) is 3.09. The highest BCUT2D eigenvalue weighted by molar-refractivity contribution is 7.13. The lowest BCUT2D eigenvalue weighted by Crippen LogP contribution is -2.42. The van der Waals surface area contributed by atoms with Crippen molar-refractivity contribution < 1.29 is 22.8 Å². The Morgan fingerprint density at radius 2 is 2.00 bits per heavy atom. The molecule has 10 heteroatoms. The summed E-state index contributed by atoms with van der Waals surface area (Å²) in [5.74, 6) is -0.197. The van der Waals surface area contributed by atoms with Crippen molar-refractivity contribution in [2.75, 3.05) is 19.6 Å². The number of hydrogen-bond donors (Lipinski definition) is 2. The second-order valence-electron chi connectivity index (χ2n) is 6.73. The number of carbonyl (C=O) groups excluding carboxylic acids is 2. The minimum absolute atomic E-state index is 0.0782. The number of alkyl halides is 3. The van der Waals surface area contributed by atoms with E-state index in [1.807, 2.05) is 6.92 Å². The highest BCUT2D eigenvalue weighted by atomic mass is 32.1. The van der Waals surface area contributed by atoms with Crippen molar-refractivity contribution in [1.29, 1.82) is 0 Å². The zero-order valence-electron chi connectivity index (χ0n) is 15.8. The molecule has 1 aliphatic heterocycles. The largest absolute Gasteiger partial charge is 0.416 e. The van der Waals surface area contributed by atoms with E-state index in [1.54, 1.807) is 10.3 Å².